The normalized spacial score (nSPS) is 19.4. The summed E-state index contributed by atoms with van der Waals surface area (Å²) in [7, 11) is 1.32. The molecule has 98 valence electrons. The average Bonchev–Trinajstić information content (AvgIpc) is 2.73. The Hall–Kier alpha value is -1.69. The quantitative estimate of drug-likeness (QED) is 0.888. The molecule has 1 atom stereocenters. The van der Waals surface area contributed by atoms with Crippen LogP contribution < -0.4 is 9.64 Å². The van der Waals surface area contributed by atoms with Crippen LogP contribution in [0.25, 0.3) is 0 Å². The second kappa shape index (κ2) is 4.89. The lowest BCUT2D eigenvalue weighted by Gasteiger charge is -2.19. The number of amides is 1. The fourth-order valence-corrected chi connectivity index (χ4v) is 2.03. The molecule has 1 amide bonds. The maximum atomic E-state index is 13.2. The predicted octanol–water partition coefficient (Wildman–Crippen LogP) is 1.32. The lowest BCUT2D eigenvalue weighted by atomic mass is 10.1. The Morgan fingerprint density at radius 1 is 1.44 bits per heavy atom. The highest BCUT2D eigenvalue weighted by molar-refractivity contribution is 5.97. The van der Waals surface area contributed by atoms with Gasteiger partial charge in [0.15, 0.2) is 11.6 Å². The van der Waals surface area contributed by atoms with E-state index in [4.69, 9.17) is 9.84 Å². The van der Waals surface area contributed by atoms with E-state index in [2.05, 4.69) is 0 Å². The minimum Gasteiger partial charge on any atom is -0.494 e. The molecular formula is C12H13F2NO3. The summed E-state index contributed by atoms with van der Waals surface area (Å²) in [6.07, 6.45) is 0.193. The third kappa shape index (κ3) is 2.15. The lowest BCUT2D eigenvalue weighted by Crippen LogP contribution is -2.25. The van der Waals surface area contributed by atoms with Crippen LogP contribution in [0.3, 0.4) is 0 Å². The van der Waals surface area contributed by atoms with Crippen molar-refractivity contribution in [3.8, 4) is 5.75 Å². The molecule has 1 saturated heterocycles. The molecule has 0 aliphatic carbocycles. The SMILES string of the molecule is COc1cc(F)c(F)cc1N1CC(CO)CC1=O. The summed E-state index contributed by atoms with van der Waals surface area (Å²) in [5.74, 6) is -2.39. The minimum absolute atomic E-state index is 0.0980. The van der Waals surface area contributed by atoms with Crippen LogP contribution in [0.2, 0.25) is 0 Å². The van der Waals surface area contributed by atoms with Crippen molar-refractivity contribution >= 4 is 11.6 Å². The molecule has 18 heavy (non-hydrogen) atoms. The van der Waals surface area contributed by atoms with Crippen molar-refractivity contribution < 1.29 is 23.4 Å². The van der Waals surface area contributed by atoms with Crippen LogP contribution in [0.4, 0.5) is 14.5 Å². The Morgan fingerprint density at radius 2 is 2.11 bits per heavy atom. The number of ether oxygens (including phenoxy) is 1. The molecule has 2 rings (SSSR count). The zero-order valence-corrected chi connectivity index (χ0v) is 9.82. The molecule has 0 bridgehead atoms. The van der Waals surface area contributed by atoms with E-state index in [0.29, 0.717) is 0 Å². The van der Waals surface area contributed by atoms with Gasteiger partial charge in [-0.3, -0.25) is 4.79 Å². The second-order valence-corrected chi connectivity index (χ2v) is 4.20. The van der Waals surface area contributed by atoms with Crippen LogP contribution >= 0.6 is 0 Å². The fraction of sp³-hybridized carbons (Fsp3) is 0.417. The van der Waals surface area contributed by atoms with E-state index < -0.39 is 11.6 Å². The smallest absolute Gasteiger partial charge is 0.227 e. The van der Waals surface area contributed by atoms with Gasteiger partial charge in [-0.25, -0.2) is 8.78 Å². The van der Waals surface area contributed by atoms with Gasteiger partial charge in [0.25, 0.3) is 0 Å². The molecule has 1 aliphatic heterocycles. The number of rotatable bonds is 3. The van der Waals surface area contributed by atoms with E-state index in [1.54, 1.807) is 0 Å². The first kappa shape index (κ1) is 12.8. The van der Waals surface area contributed by atoms with Crippen molar-refractivity contribution in [2.75, 3.05) is 25.2 Å². The molecule has 1 fully saturated rings. The highest BCUT2D eigenvalue weighted by Gasteiger charge is 2.32. The molecule has 1 aromatic carbocycles. The first-order chi connectivity index (χ1) is 8.56. The van der Waals surface area contributed by atoms with E-state index in [1.165, 1.54) is 12.0 Å². The van der Waals surface area contributed by atoms with Gasteiger partial charge >= 0.3 is 0 Å². The van der Waals surface area contributed by atoms with Gasteiger partial charge < -0.3 is 14.7 Å². The Balaban J connectivity index is 2.38. The minimum atomic E-state index is -1.04. The number of aliphatic hydroxyl groups is 1. The fourth-order valence-electron chi connectivity index (χ4n) is 2.03. The highest BCUT2D eigenvalue weighted by atomic mass is 19.2. The van der Waals surface area contributed by atoms with Gasteiger partial charge in [0.1, 0.15) is 5.75 Å². The summed E-state index contributed by atoms with van der Waals surface area (Å²) in [6.45, 7) is 0.158. The number of carbonyl (C=O) groups excluding carboxylic acids is 1. The zero-order chi connectivity index (χ0) is 13.3. The summed E-state index contributed by atoms with van der Waals surface area (Å²) in [6, 6.07) is 1.84. The third-order valence-corrected chi connectivity index (χ3v) is 2.98. The largest absolute Gasteiger partial charge is 0.494 e. The first-order valence-corrected chi connectivity index (χ1v) is 5.51. The number of aliphatic hydroxyl groups excluding tert-OH is 1. The number of carbonyl (C=O) groups is 1. The summed E-state index contributed by atoms with van der Waals surface area (Å²) in [4.78, 5) is 13.1. The van der Waals surface area contributed by atoms with Gasteiger partial charge in [-0.1, -0.05) is 0 Å². The van der Waals surface area contributed by atoms with Crippen molar-refractivity contribution in [3.05, 3.63) is 23.8 Å². The van der Waals surface area contributed by atoms with Crippen molar-refractivity contribution in [3.63, 3.8) is 0 Å². The average molecular weight is 257 g/mol. The molecule has 1 unspecified atom stereocenters. The van der Waals surface area contributed by atoms with Crippen LogP contribution in [0.5, 0.6) is 5.75 Å². The van der Waals surface area contributed by atoms with E-state index in [0.717, 1.165) is 12.1 Å². The summed E-state index contributed by atoms with van der Waals surface area (Å²) < 4.78 is 31.3. The Labute approximate surface area is 103 Å². The van der Waals surface area contributed by atoms with Gasteiger partial charge in [-0.05, 0) is 0 Å². The number of benzene rings is 1. The molecule has 1 aliphatic rings. The summed E-state index contributed by atoms with van der Waals surface area (Å²) in [5, 5.41) is 9.03. The van der Waals surface area contributed by atoms with Crippen LogP contribution in [-0.4, -0.2) is 31.3 Å². The molecule has 0 saturated carbocycles. The maximum Gasteiger partial charge on any atom is 0.227 e. The number of halogens is 2. The van der Waals surface area contributed by atoms with Crippen LogP contribution in [0.1, 0.15) is 6.42 Å². The zero-order valence-electron chi connectivity index (χ0n) is 9.82. The van der Waals surface area contributed by atoms with Crippen LogP contribution in [-0.2, 0) is 4.79 Å². The monoisotopic (exact) mass is 257 g/mol. The summed E-state index contributed by atoms with van der Waals surface area (Å²) in [5.41, 5.74) is 0.192. The van der Waals surface area contributed by atoms with Crippen molar-refractivity contribution in [1.82, 2.24) is 0 Å². The molecule has 1 aromatic rings. The third-order valence-electron chi connectivity index (χ3n) is 2.98. The molecule has 0 radical (unpaired) electrons. The summed E-state index contributed by atoms with van der Waals surface area (Å²) >= 11 is 0. The van der Waals surface area contributed by atoms with Gasteiger partial charge in [0.2, 0.25) is 5.91 Å². The van der Waals surface area contributed by atoms with Crippen LogP contribution in [0, 0.1) is 17.6 Å². The number of hydrogen-bond donors (Lipinski definition) is 1. The molecule has 4 nitrogen and oxygen atoms in total. The molecule has 1 N–H and O–H groups in total. The molecule has 1 heterocycles. The number of nitrogens with zero attached hydrogens (tertiary/aromatic N) is 1. The predicted molar refractivity (Wildman–Crippen MR) is 60.5 cm³/mol. The number of methoxy groups -OCH3 is 1. The van der Waals surface area contributed by atoms with E-state index >= 15 is 0 Å². The van der Waals surface area contributed by atoms with E-state index in [9.17, 15) is 13.6 Å². The first-order valence-electron chi connectivity index (χ1n) is 5.51. The van der Waals surface area contributed by atoms with Crippen molar-refractivity contribution in [2.24, 2.45) is 5.92 Å². The second-order valence-electron chi connectivity index (χ2n) is 4.20. The molecule has 0 aromatic heterocycles. The van der Waals surface area contributed by atoms with Crippen molar-refractivity contribution in [1.29, 1.82) is 0 Å². The van der Waals surface area contributed by atoms with Crippen molar-refractivity contribution in [2.45, 2.75) is 6.42 Å². The molecule has 6 heteroatoms. The molecular weight excluding hydrogens is 244 g/mol. The standard InChI is InChI=1S/C12H13F2NO3/c1-18-11-4-9(14)8(13)3-10(11)15-5-7(6-16)2-12(15)17/h3-4,7,16H,2,5-6H2,1H3. The Bertz CT molecular complexity index is 479. The maximum absolute atomic E-state index is 13.2. The van der Waals surface area contributed by atoms with Gasteiger partial charge in [-0.15, -0.1) is 0 Å². The van der Waals surface area contributed by atoms with E-state index in [1.807, 2.05) is 0 Å². The number of hydrogen-bond acceptors (Lipinski definition) is 3. The Morgan fingerprint density at radius 3 is 2.67 bits per heavy atom. The highest BCUT2D eigenvalue weighted by Crippen LogP contribution is 2.34. The van der Waals surface area contributed by atoms with Gasteiger partial charge in [-0.2, -0.15) is 0 Å². The lowest BCUT2D eigenvalue weighted by molar-refractivity contribution is -0.117. The van der Waals surface area contributed by atoms with E-state index in [-0.39, 0.29) is 42.8 Å². The Kier molecular flexibility index (Phi) is 3.47. The number of anilines is 1. The van der Waals surface area contributed by atoms with Crippen LogP contribution in [0.15, 0.2) is 12.1 Å². The topological polar surface area (TPSA) is 49.8 Å². The molecule has 0 spiro atoms. The van der Waals surface area contributed by atoms with Gasteiger partial charge in [0, 0.05) is 37.6 Å². The van der Waals surface area contributed by atoms with Gasteiger partial charge in [0.05, 0.1) is 12.8 Å².